The van der Waals surface area contributed by atoms with Crippen molar-refractivity contribution in [3.8, 4) is 0 Å². The molecule has 0 saturated carbocycles. The first-order chi connectivity index (χ1) is 22.2. The number of hydrogen-bond acceptors (Lipinski definition) is 4. The van der Waals surface area contributed by atoms with Crippen LogP contribution in [-0.2, 0) is 32.6 Å². The molecule has 0 saturated heterocycles. The molecule has 0 aromatic heterocycles. The molecule has 0 aliphatic rings. The maximum Gasteiger partial charge on any atom is 0.264 e. The first-order valence-electron chi connectivity index (χ1n) is 15.5. The van der Waals surface area contributed by atoms with Crippen LogP contribution < -0.4 is 9.62 Å². The van der Waals surface area contributed by atoms with E-state index in [-0.39, 0.29) is 29.7 Å². The normalized spacial score (nSPS) is 12.1. The van der Waals surface area contributed by atoms with Crippen LogP contribution in [-0.4, -0.2) is 44.3 Å². The second-order valence-electron chi connectivity index (χ2n) is 12.3. The van der Waals surface area contributed by atoms with Crippen LogP contribution in [0.5, 0.6) is 0 Å². The molecule has 2 amide bonds. The summed E-state index contributed by atoms with van der Waals surface area (Å²) in [7, 11) is -4.20. The predicted molar refractivity (Wildman–Crippen MR) is 190 cm³/mol. The van der Waals surface area contributed by atoms with Gasteiger partial charge >= 0.3 is 0 Å². The maximum absolute atomic E-state index is 14.6. The number of nitrogens with zero attached hydrogens (tertiary/aromatic N) is 2. The summed E-state index contributed by atoms with van der Waals surface area (Å²) < 4.78 is 29.7. The van der Waals surface area contributed by atoms with Gasteiger partial charge in [0.15, 0.2) is 0 Å². The van der Waals surface area contributed by atoms with Crippen LogP contribution >= 0.6 is 23.2 Å². The molecule has 1 atom stereocenters. The summed E-state index contributed by atoms with van der Waals surface area (Å²) in [6.07, 6.45) is 0.214. The van der Waals surface area contributed by atoms with Gasteiger partial charge in [0.2, 0.25) is 11.8 Å². The molecule has 4 aromatic carbocycles. The van der Waals surface area contributed by atoms with Gasteiger partial charge in [-0.3, -0.25) is 13.9 Å². The highest BCUT2D eigenvalue weighted by Crippen LogP contribution is 2.28. The minimum absolute atomic E-state index is 0.00636. The van der Waals surface area contributed by atoms with Crippen LogP contribution in [0.2, 0.25) is 10.0 Å². The Morgan fingerprint density at radius 1 is 0.766 bits per heavy atom. The average Bonchev–Trinajstić information content (AvgIpc) is 3.02. The molecule has 7 nitrogen and oxygen atoms in total. The van der Waals surface area contributed by atoms with Gasteiger partial charge < -0.3 is 10.2 Å². The number of nitrogens with one attached hydrogen (secondary N) is 1. The zero-order chi connectivity index (χ0) is 34.3. The van der Waals surface area contributed by atoms with Crippen molar-refractivity contribution in [1.82, 2.24) is 10.2 Å². The third-order valence-corrected chi connectivity index (χ3v) is 10.2. The highest BCUT2D eigenvalue weighted by Gasteiger charge is 2.35. The third kappa shape index (κ3) is 9.60. The highest BCUT2D eigenvalue weighted by atomic mass is 35.5. The number of hydrogen-bond donors (Lipinski definition) is 1. The Morgan fingerprint density at radius 3 is 2.00 bits per heavy atom. The van der Waals surface area contributed by atoms with Gasteiger partial charge in [0.05, 0.1) is 20.6 Å². The second kappa shape index (κ2) is 15.8. The van der Waals surface area contributed by atoms with E-state index in [1.165, 1.54) is 17.0 Å². The third-order valence-electron chi connectivity index (χ3n) is 7.67. The average molecular weight is 695 g/mol. The Labute approximate surface area is 288 Å². The lowest BCUT2D eigenvalue weighted by molar-refractivity contribution is -0.140. The first-order valence-corrected chi connectivity index (χ1v) is 17.7. The number of benzene rings is 4. The van der Waals surface area contributed by atoms with Crippen molar-refractivity contribution in [3.05, 3.63) is 129 Å². The number of anilines is 1. The van der Waals surface area contributed by atoms with Gasteiger partial charge in [0.25, 0.3) is 10.0 Å². The minimum Gasteiger partial charge on any atom is -0.354 e. The van der Waals surface area contributed by atoms with Crippen molar-refractivity contribution in [2.75, 3.05) is 17.4 Å². The molecular weight excluding hydrogens is 653 g/mol. The van der Waals surface area contributed by atoms with E-state index in [9.17, 15) is 18.0 Å². The van der Waals surface area contributed by atoms with Crippen LogP contribution in [0.4, 0.5) is 5.69 Å². The molecule has 0 fully saturated rings. The number of carbonyl (C=O) groups is 2. The van der Waals surface area contributed by atoms with Crippen LogP contribution in [0, 0.1) is 26.7 Å². The van der Waals surface area contributed by atoms with Crippen molar-refractivity contribution in [2.24, 2.45) is 5.92 Å². The van der Waals surface area contributed by atoms with Gasteiger partial charge in [0, 0.05) is 19.5 Å². The van der Waals surface area contributed by atoms with E-state index in [1.807, 2.05) is 71.0 Å². The van der Waals surface area contributed by atoms with Gasteiger partial charge in [-0.25, -0.2) is 8.42 Å². The summed E-state index contributed by atoms with van der Waals surface area (Å²) in [4.78, 5) is 30.1. The molecule has 4 aromatic rings. The molecule has 0 aliphatic heterocycles. The number of aryl methyl sites for hydroxylation is 3. The lowest BCUT2D eigenvalue weighted by Gasteiger charge is -2.34. The van der Waals surface area contributed by atoms with Crippen molar-refractivity contribution >= 4 is 50.7 Å². The molecule has 0 bridgehead atoms. The van der Waals surface area contributed by atoms with E-state index in [2.05, 4.69) is 5.32 Å². The van der Waals surface area contributed by atoms with Crippen molar-refractivity contribution in [1.29, 1.82) is 0 Å². The van der Waals surface area contributed by atoms with Crippen molar-refractivity contribution in [3.63, 3.8) is 0 Å². The van der Waals surface area contributed by atoms with Crippen LogP contribution in [0.1, 0.15) is 41.7 Å². The van der Waals surface area contributed by atoms with E-state index in [0.717, 1.165) is 26.6 Å². The summed E-state index contributed by atoms with van der Waals surface area (Å²) >= 11 is 12.6. The molecular formula is C37H41Cl2N3O4S. The van der Waals surface area contributed by atoms with E-state index in [0.29, 0.717) is 27.8 Å². The van der Waals surface area contributed by atoms with Crippen LogP contribution in [0.3, 0.4) is 0 Å². The molecule has 4 rings (SSSR count). The van der Waals surface area contributed by atoms with E-state index < -0.39 is 28.5 Å². The predicted octanol–water partition coefficient (Wildman–Crippen LogP) is 7.53. The zero-order valence-electron chi connectivity index (χ0n) is 27.3. The monoisotopic (exact) mass is 693 g/mol. The molecule has 0 heterocycles. The number of sulfonamides is 1. The summed E-state index contributed by atoms with van der Waals surface area (Å²) in [6, 6.07) is 25.4. The maximum atomic E-state index is 14.6. The quantitative estimate of drug-likeness (QED) is 0.157. The molecule has 47 heavy (non-hydrogen) atoms. The van der Waals surface area contributed by atoms with E-state index >= 15 is 0 Å². The minimum atomic E-state index is -4.20. The van der Waals surface area contributed by atoms with Gasteiger partial charge in [-0.1, -0.05) is 97.2 Å². The number of amides is 2. The highest BCUT2D eigenvalue weighted by molar-refractivity contribution is 7.92. The fourth-order valence-electron chi connectivity index (χ4n) is 5.27. The van der Waals surface area contributed by atoms with Crippen molar-refractivity contribution < 1.29 is 18.0 Å². The Hall–Kier alpha value is -3.85. The number of carbonyl (C=O) groups excluding carboxylic acids is 2. The lowest BCUT2D eigenvalue weighted by atomic mass is 10.0. The molecule has 0 spiro atoms. The summed E-state index contributed by atoms with van der Waals surface area (Å²) in [6.45, 7) is 9.47. The van der Waals surface area contributed by atoms with Gasteiger partial charge in [0.1, 0.15) is 12.6 Å². The largest absolute Gasteiger partial charge is 0.354 e. The standard InChI is InChI=1S/C37H41Cl2N3O4S/c1-25(2)22-40-37(44)35(21-29-9-7-6-8-10-29)41(23-30-13-16-33(38)34(39)20-30)36(43)24-42(31-18-27(4)17-28(5)19-31)47(45,46)32-14-11-26(3)12-15-32/h6-20,25,35H,21-24H2,1-5H3,(H,40,44)/t35-/m0/s1. The smallest absolute Gasteiger partial charge is 0.264 e. The van der Waals surface area contributed by atoms with E-state index in [4.69, 9.17) is 23.2 Å². The molecule has 0 unspecified atom stereocenters. The molecule has 0 aliphatic carbocycles. The summed E-state index contributed by atoms with van der Waals surface area (Å²) in [5, 5.41) is 3.65. The molecule has 10 heteroatoms. The Balaban J connectivity index is 1.84. The van der Waals surface area contributed by atoms with Crippen LogP contribution in [0.25, 0.3) is 0 Å². The lowest BCUT2D eigenvalue weighted by Crippen LogP contribution is -2.53. The molecule has 248 valence electrons. The van der Waals surface area contributed by atoms with Gasteiger partial charge in [-0.15, -0.1) is 0 Å². The fourth-order valence-corrected chi connectivity index (χ4v) is 6.99. The van der Waals surface area contributed by atoms with Gasteiger partial charge in [-0.05, 0) is 85.3 Å². The van der Waals surface area contributed by atoms with Crippen molar-refractivity contribution in [2.45, 2.75) is 58.5 Å². The second-order valence-corrected chi connectivity index (χ2v) is 15.0. The van der Waals surface area contributed by atoms with Crippen LogP contribution in [0.15, 0.2) is 95.9 Å². The Bertz CT molecular complexity index is 1790. The Kier molecular flexibility index (Phi) is 12.1. The summed E-state index contributed by atoms with van der Waals surface area (Å²) in [5.74, 6) is -0.711. The molecule has 0 radical (unpaired) electrons. The SMILES string of the molecule is Cc1ccc(S(=O)(=O)N(CC(=O)N(Cc2ccc(Cl)c(Cl)c2)[C@@H](Cc2ccccc2)C(=O)NCC(C)C)c2cc(C)cc(C)c2)cc1. The van der Waals surface area contributed by atoms with Gasteiger partial charge in [-0.2, -0.15) is 0 Å². The Morgan fingerprint density at radius 2 is 1.40 bits per heavy atom. The number of rotatable bonds is 13. The topological polar surface area (TPSA) is 86.8 Å². The molecule has 1 N–H and O–H groups in total. The van der Waals surface area contributed by atoms with E-state index in [1.54, 1.807) is 42.5 Å². The zero-order valence-corrected chi connectivity index (χ0v) is 29.7. The first kappa shape index (κ1) is 36.0. The fraction of sp³-hybridized carbons (Fsp3) is 0.297. The summed E-state index contributed by atoms with van der Waals surface area (Å²) in [5.41, 5.74) is 4.44. The number of halogens is 2.